The van der Waals surface area contributed by atoms with Gasteiger partial charge in [0.2, 0.25) is 0 Å². The van der Waals surface area contributed by atoms with Crippen LogP contribution >= 0.6 is 22.6 Å². The lowest BCUT2D eigenvalue weighted by Crippen LogP contribution is -2.11. The van der Waals surface area contributed by atoms with Crippen LogP contribution in [0.1, 0.15) is 31.0 Å². The van der Waals surface area contributed by atoms with Crippen molar-refractivity contribution in [2.24, 2.45) is 0 Å². The molecule has 18 heavy (non-hydrogen) atoms. The Morgan fingerprint density at radius 2 is 2.11 bits per heavy atom. The molecule has 1 aliphatic carbocycles. The monoisotopic (exact) mass is 352 g/mol. The van der Waals surface area contributed by atoms with Crippen LogP contribution in [0, 0.1) is 3.57 Å². The molecule has 0 radical (unpaired) electrons. The second-order valence-corrected chi connectivity index (χ2v) is 6.06. The predicted molar refractivity (Wildman–Crippen MR) is 85.3 cm³/mol. The molecule has 3 rings (SSSR count). The number of nitrogens with zero attached hydrogens (tertiary/aromatic N) is 1. The molecule has 0 fully saturated rings. The van der Waals surface area contributed by atoms with Crippen molar-refractivity contribution in [3.63, 3.8) is 0 Å². The fourth-order valence-electron chi connectivity index (χ4n) is 2.77. The number of nitrogens with one attached hydrogen (secondary N) is 1. The van der Waals surface area contributed by atoms with E-state index >= 15 is 0 Å². The fourth-order valence-corrected chi connectivity index (χ4v) is 3.27. The second kappa shape index (κ2) is 5.03. The van der Waals surface area contributed by atoms with E-state index in [0.717, 1.165) is 18.5 Å². The third kappa shape index (κ3) is 2.09. The highest BCUT2D eigenvalue weighted by molar-refractivity contribution is 14.1. The summed E-state index contributed by atoms with van der Waals surface area (Å²) in [6.45, 7) is 3.13. The van der Waals surface area contributed by atoms with E-state index in [4.69, 9.17) is 4.98 Å². The van der Waals surface area contributed by atoms with E-state index in [0.29, 0.717) is 0 Å². The van der Waals surface area contributed by atoms with Crippen LogP contribution in [-0.4, -0.2) is 11.5 Å². The first kappa shape index (κ1) is 12.2. The molecule has 2 aromatic rings. The van der Waals surface area contributed by atoms with Gasteiger partial charge in [-0.05, 0) is 79.0 Å². The molecule has 0 spiro atoms. The first-order valence-corrected chi connectivity index (χ1v) is 7.72. The number of pyridine rings is 1. The van der Waals surface area contributed by atoms with E-state index in [-0.39, 0.29) is 0 Å². The highest BCUT2D eigenvalue weighted by Crippen LogP contribution is 2.33. The van der Waals surface area contributed by atoms with Crippen LogP contribution in [0.4, 0.5) is 5.69 Å². The normalized spacial score (nSPS) is 14.6. The van der Waals surface area contributed by atoms with E-state index in [1.165, 1.54) is 45.2 Å². The maximum absolute atomic E-state index is 4.86. The molecule has 0 unspecified atom stereocenters. The number of anilines is 1. The minimum Gasteiger partial charge on any atom is -0.384 e. The van der Waals surface area contributed by atoms with Crippen LogP contribution in [0.15, 0.2) is 18.2 Å². The lowest BCUT2D eigenvalue weighted by Gasteiger charge is -2.21. The van der Waals surface area contributed by atoms with Crippen molar-refractivity contribution >= 4 is 39.2 Å². The second-order valence-electron chi connectivity index (χ2n) is 4.81. The zero-order valence-electron chi connectivity index (χ0n) is 10.6. The van der Waals surface area contributed by atoms with Crippen LogP contribution in [0.5, 0.6) is 0 Å². The van der Waals surface area contributed by atoms with Crippen molar-refractivity contribution in [1.29, 1.82) is 0 Å². The summed E-state index contributed by atoms with van der Waals surface area (Å²) in [5.74, 6) is 0. The van der Waals surface area contributed by atoms with Gasteiger partial charge >= 0.3 is 0 Å². The summed E-state index contributed by atoms with van der Waals surface area (Å²) in [5, 5.41) is 4.84. The van der Waals surface area contributed by atoms with E-state index in [1.807, 2.05) is 0 Å². The molecule has 0 bridgehead atoms. The summed E-state index contributed by atoms with van der Waals surface area (Å²) in [5.41, 5.74) is 5.23. The van der Waals surface area contributed by atoms with Crippen molar-refractivity contribution in [3.8, 4) is 0 Å². The third-order valence-corrected chi connectivity index (χ3v) is 4.25. The molecule has 1 N–H and O–H groups in total. The number of hydrogen-bond donors (Lipinski definition) is 1. The molecule has 0 saturated carbocycles. The average molecular weight is 352 g/mol. The van der Waals surface area contributed by atoms with E-state index in [1.54, 1.807) is 0 Å². The molecule has 1 aromatic carbocycles. The quantitative estimate of drug-likeness (QED) is 0.822. The van der Waals surface area contributed by atoms with Gasteiger partial charge in [0.1, 0.15) is 0 Å². The van der Waals surface area contributed by atoms with E-state index in [9.17, 15) is 0 Å². The van der Waals surface area contributed by atoms with Gasteiger partial charge in [0.05, 0.1) is 5.52 Å². The Balaban J connectivity index is 2.30. The van der Waals surface area contributed by atoms with Gasteiger partial charge < -0.3 is 5.32 Å². The molecule has 2 nitrogen and oxygen atoms in total. The summed E-state index contributed by atoms with van der Waals surface area (Å²) < 4.78 is 1.27. The molecule has 0 amide bonds. The maximum atomic E-state index is 4.86. The molecule has 3 heteroatoms. The summed E-state index contributed by atoms with van der Waals surface area (Å²) >= 11 is 2.37. The van der Waals surface area contributed by atoms with Crippen LogP contribution < -0.4 is 5.32 Å². The number of fused-ring (bicyclic) bond motifs is 2. The largest absolute Gasteiger partial charge is 0.384 e. The van der Waals surface area contributed by atoms with Gasteiger partial charge in [-0.15, -0.1) is 0 Å². The zero-order valence-corrected chi connectivity index (χ0v) is 12.8. The van der Waals surface area contributed by atoms with Crippen LogP contribution in [0.25, 0.3) is 10.9 Å². The SMILES string of the molecule is CCNc1c2c(nc3ccc(I)cc13)CCCC2. The minimum absolute atomic E-state index is 0.969. The van der Waals surface area contributed by atoms with Crippen molar-refractivity contribution in [3.05, 3.63) is 33.0 Å². The molecule has 1 heterocycles. The number of benzene rings is 1. The van der Waals surface area contributed by atoms with E-state index in [2.05, 4.69) is 53.0 Å². The number of rotatable bonds is 2. The van der Waals surface area contributed by atoms with Crippen LogP contribution in [0.3, 0.4) is 0 Å². The Hall–Kier alpha value is -0.840. The first-order valence-electron chi connectivity index (χ1n) is 6.64. The fraction of sp³-hybridized carbons (Fsp3) is 0.400. The summed E-state index contributed by atoms with van der Waals surface area (Å²) in [6, 6.07) is 6.53. The molecular weight excluding hydrogens is 335 g/mol. The maximum Gasteiger partial charge on any atom is 0.0727 e. The molecule has 0 atom stereocenters. The lowest BCUT2D eigenvalue weighted by atomic mass is 9.92. The topological polar surface area (TPSA) is 24.9 Å². The van der Waals surface area contributed by atoms with Crippen molar-refractivity contribution in [1.82, 2.24) is 4.98 Å². The Kier molecular flexibility index (Phi) is 3.41. The molecule has 94 valence electrons. The standard InChI is InChI=1S/C15H17IN2/c1-2-17-15-11-5-3-4-6-13(11)18-14-8-7-10(16)9-12(14)15/h7-9H,2-6H2,1H3,(H,17,18). The predicted octanol–water partition coefficient (Wildman–Crippen LogP) is 4.15. The van der Waals surface area contributed by atoms with Crippen molar-refractivity contribution < 1.29 is 0 Å². The number of aryl methyl sites for hydroxylation is 1. The molecule has 1 aliphatic rings. The van der Waals surface area contributed by atoms with Gasteiger partial charge in [0.15, 0.2) is 0 Å². The third-order valence-electron chi connectivity index (χ3n) is 3.58. The molecular formula is C15H17IN2. The lowest BCUT2D eigenvalue weighted by molar-refractivity contribution is 0.672. The van der Waals surface area contributed by atoms with Gasteiger partial charge in [-0.1, -0.05) is 0 Å². The highest BCUT2D eigenvalue weighted by atomic mass is 127. The van der Waals surface area contributed by atoms with Crippen LogP contribution in [-0.2, 0) is 12.8 Å². The Morgan fingerprint density at radius 1 is 1.28 bits per heavy atom. The number of halogens is 1. The van der Waals surface area contributed by atoms with Crippen LogP contribution in [0.2, 0.25) is 0 Å². The molecule has 1 aromatic heterocycles. The minimum atomic E-state index is 0.969. The number of aromatic nitrogens is 1. The summed E-state index contributed by atoms with van der Waals surface area (Å²) in [7, 11) is 0. The van der Waals surface area contributed by atoms with Crippen molar-refractivity contribution in [2.45, 2.75) is 32.6 Å². The molecule has 0 aliphatic heterocycles. The average Bonchev–Trinajstić information content (AvgIpc) is 2.39. The van der Waals surface area contributed by atoms with Gasteiger partial charge in [0.25, 0.3) is 0 Å². The summed E-state index contributed by atoms with van der Waals surface area (Å²) in [6.07, 6.45) is 4.88. The van der Waals surface area contributed by atoms with Crippen molar-refractivity contribution in [2.75, 3.05) is 11.9 Å². The Bertz CT molecular complexity index is 593. The highest BCUT2D eigenvalue weighted by Gasteiger charge is 2.17. The zero-order chi connectivity index (χ0) is 12.5. The van der Waals surface area contributed by atoms with Gasteiger partial charge in [-0.2, -0.15) is 0 Å². The number of hydrogen-bond acceptors (Lipinski definition) is 2. The van der Waals surface area contributed by atoms with Gasteiger partial charge in [0, 0.05) is 26.9 Å². The first-order chi connectivity index (χ1) is 8.79. The smallest absolute Gasteiger partial charge is 0.0727 e. The summed E-state index contributed by atoms with van der Waals surface area (Å²) in [4.78, 5) is 4.86. The van der Waals surface area contributed by atoms with Gasteiger partial charge in [-0.25, -0.2) is 0 Å². The van der Waals surface area contributed by atoms with Gasteiger partial charge in [-0.3, -0.25) is 4.98 Å². The Morgan fingerprint density at radius 3 is 2.94 bits per heavy atom. The van der Waals surface area contributed by atoms with E-state index < -0.39 is 0 Å². The Labute approximate surface area is 121 Å². The molecule has 0 saturated heterocycles.